The minimum absolute atomic E-state index is 0.0426. The number of hydrogen-bond donors (Lipinski definition) is 0. The first-order valence-electron chi connectivity index (χ1n) is 9.21. The van der Waals surface area contributed by atoms with E-state index in [2.05, 4.69) is 24.9 Å². The molecule has 1 aliphatic rings. The number of piperazine rings is 1. The molecule has 5 heteroatoms. The van der Waals surface area contributed by atoms with Crippen molar-refractivity contribution in [2.24, 2.45) is 0 Å². The Labute approximate surface area is 159 Å². The standard InChI is InChI=1S/C22H24N2O3/c1-15-14-16(26-3)4-5-17(15)18-6-7-20(21-19(18)8-13-27-21)22(25)24-11-9-23(2)10-12-24/h4-8,13-14H,9-12H2,1-3H3. The lowest BCUT2D eigenvalue weighted by Crippen LogP contribution is -2.47. The highest BCUT2D eigenvalue weighted by Crippen LogP contribution is 2.35. The molecule has 3 aromatic rings. The highest BCUT2D eigenvalue weighted by molar-refractivity contribution is 6.09. The van der Waals surface area contributed by atoms with Crippen molar-refractivity contribution in [3.05, 3.63) is 53.8 Å². The van der Waals surface area contributed by atoms with Crippen LogP contribution in [0.3, 0.4) is 0 Å². The van der Waals surface area contributed by atoms with Crippen molar-refractivity contribution in [2.75, 3.05) is 40.3 Å². The molecule has 0 spiro atoms. The van der Waals surface area contributed by atoms with Gasteiger partial charge in [-0.15, -0.1) is 0 Å². The quantitative estimate of drug-likeness (QED) is 0.709. The number of carbonyl (C=O) groups is 1. The Kier molecular flexibility index (Phi) is 4.62. The van der Waals surface area contributed by atoms with Gasteiger partial charge in [-0.2, -0.15) is 0 Å². The van der Waals surface area contributed by atoms with Crippen molar-refractivity contribution in [3.63, 3.8) is 0 Å². The summed E-state index contributed by atoms with van der Waals surface area (Å²) in [5, 5.41) is 0.961. The lowest BCUT2D eigenvalue weighted by Gasteiger charge is -2.32. The predicted molar refractivity (Wildman–Crippen MR) is 106 cm³/mol. The molecule has 2 heterocycles. The van der Waals surface area contributed by atoms with Crippen LogP contribution in [0.2, 0.25) is 0 Å². The van der Waals surface area contributed by atoms with Crippen molar-refractivity contribution in [1.82, 2.24) is 9.80 Å². The van der Waals surface area contributed by atoms with E-state index in [-0.39, 0.29) is 5.91 Å². The first kappa shape index (κ1) is 17.6. The van der Waals surface area contributed by atoms with Gasteiger partial charge in [0, 0.05) is 31.6 Å². The number of amides is 1. The molecule has 4 rings (SSSR count). The highest BCUT2D eigenvalue weighted by atomic mass is 16.5. The van der Waals surface area contributed by atoms with Gasteiger partial charge in [0.1, 0.15) is 11.3 Å². The first-order valence-corrected chi connectivity index (χ1v) is 9.21. The first-order chi connectivity index (χ1) is 13.1. The zero-order valence-corrected chi connectivity index (χ0v) is 16.0. The molecule has 0 unspecified atom stereocenters. The van der Waals surface area contributed by atoms with Crippen LogP contribution < -0.4 is 4.74 Å². The second-order valence-corrected chi connectivity index (χ2v) is 7.10. The van der Waals surface area contributed by atoms with Crippen LogP contribution >= 0.6 is 0 Å². The Bertz CT molecular complexity index is 984. The monoisotopic (exact) mass is 364 g/mol. The van der Waals surface area contributed by atoms with E-state index < -0.39 is 0 Å². The zero-order valence-electron chi connectivity index (χ0n) is 16.0. The molecule has 0 N–H and O–H groups in total. The predicted octanol–water partition coefficient (Wildman–Crippen LogP) is 3.80. The lowest BCUT2D eigenvalue weighted by molar-refractivity contribution is 0.0665. The highest BCUT2D eigenvalue weighted by Gasteiger charge is 2.24. The van der Waals surface area contributed by atoms with E-state index in [1.807, 2.05) is 35.2 Å². The van der Waals surface area contributed by atoms with Gasteiger partial charge in [0.15, 0.2) is 0 Å². The van der Waals surface area contributed by atoms with Crippen LogP contribution in [-0.4, -0.2) is 56.0 Å². The fourth-order valence-corrected chi connectivity index (χ4v) is 3.71. The van der Waals surface area contributed by atoms with Crippen LogP contribution in [0.25, 0.3) is 22.1 Å². The van der Waals surface area contributed by atoms with E-state index in [9.17, 15) is 4.79 Å². The SMILES string of the molecule is COc1ccc(-c2ccc(C(=O)N3CCN(C)CC3)c3occc23)c(C)c1. The number of nitrogens with zero attached hydrogens (tertiary/aromatic N) is 2. The molecule has 1 aliphatic heterocycles. The molecule has 27 heavy (non-hydrogen) atoms. The molecule has 0 radical (unpaired) electrons. The lowest BCUT2D eigenvalue weighted by atomic mass is 9.95. The molecule has 1 amide bonds. The summed E-state index contributed by atoms with van der Waals surface area (Å²) < 4.78 is 11.1. The third-order valence-corrected chi connectivity index (χ3v) is 5.36. The normalized spacial score (nSPS) is 15.3. The summed E-state index contributed by atoms with van der Waals surface area (Å²) >= 11 is 0. The van der Waals surface area contributed by atoms with Gasteiger partial charge in [0.25, 0.3) is 5.91 Å². The van der Waals surface area contributed by atoms with Gasteiger partial charge in [-0.3, -0.25) is 4.79 Å². The van der Waals surface area contributed by atoms with Gasteiger partial charge in [0.2, 0.25) is 0 Å². The van der Waals surface area contributed by atoms with Gasteiger partial charge in [-0.1, -0.05) is 12.1 Å². The molecule has 1 fully saturated rings. The van der Waals surface area contributed by atoms with Gasteiger partial charge in [-0.05, 0) is 54.9 Å². The number of methoxy groups -OCH3 is 1. The molecule has 1 aromatic heterocycles. The summed E-state index contributed by atoms with van der Waals surface area (Å²) in [6.07, 6.45) is 1.66. The second-order valence-electron chi connectivity index (χ2n) is 7.10. The zero-order chi connectivity index (χ0) is 19.0. The molecule has 140 valence electrons. The Hall–Kier alpha value is -2.79. The van der Waals surface area contributed by atoms with E-state index in [4.69, 9.17) is 9.15 Å². The van der Waals surface area contributed by atoms with Gasteiger partial charge < -0.3 is 19.0 Å². The Morgan fingerprint density at radius 1 is 1.04 bits per heavy atom. The van der Waals surface area contributed by atoms with E-state index in [1.54, 1.807) is 13.4 Å². The van der Waals surface area contributed by atoms with Gasteiger partial charge in [0.05, 0.1) is 18.9 Å². The third-order valence-electron chi connectivity index (χ3n) is 5.36. The van der Waals surface area contributed by atoms with Crippen LogP contribution in [-0.2, 0) is 0 Å². The minimum atomic E-state index is 0.0426. The minimum Gasteiger partial charge on any atom is -0.497 e. The number of benzene rings is 2. The van der Waals surface area contributed by atoms with E-state index in [0.29, 0.717) is 11.1 Å². The average molecular weight is 364 g/mol. The van der Waals surface area contributed by atoms with Crippen LogP contribution in [0.15, 0.2) is 47.1 Å². The number of rotatable bonds is 3. The Morgan fingerprint density at radius 2 is 1.78 bits per heavy atom. The molecule has 0 bridgehead atoms. The fraction of sp³-hybridized carbons (Fsp3) is 0.318. The fourth-order valence-electron chi connectivity index (χ4n) is 3.71. The summed E-state index contributed by atoms with van der Waals surface area (Å²) in [6.45, 7) is 5.35. The molecule has 1 saturated heterocycles. The summed E-state index contributed by atoms with van der Waals surface area (Å²) in [6, 6.07) is 11.9. The summed E-state index contributed by atoms with van der Waals surface area (Å²) in [5.41, 5.74) is 4.59. The van der Waals surface area contributed by atoms with Crippen molar-refractivity contribution in [2.45, 2.75) is 6.92 Å². The van der Waals surface area contributed by atoms with E-state index >= 15 is 0 Å². The largest absolute Gasteiger partial charge is 0.497 e. The van der Waals surface area contributed by atoms with Crippen molar-refractivity contribution in [1.29, 1.82) is 0 Å². The Balaban J connectivity index is 1.74. The average Bonchev–Trinajstić information content (AvgIpc) is 3.17. The van der Waals surface area contributed by atoms with Crippen LogP contribution in [0.4, 0.5) is 0 Å². The number of ether oxygens (including phenoxy) is 1. The molecule has 2 aromatic carbocycles. The van der Waals surface area contributed by atoms with Crippen molar-refractivity contribution in [3.8, 4) is 16.9 Å². The van der Waals surface area contributed by atoms with E-state index in [1.165, 1.54) is 0 Å². The number of carbonyl (C=O) groups excluding carboxylic acids is 1. The maximum atomic E-state index is 13.0. The van der Waals surface area contributed by atoms with Crippen molar-refractivity contribution < 1.29 is 13.9 Å². The molecule has 0 atom stereocenters. The third kappa shape index (κ3) is 3.19. The van der Waals surface area contributed by atoms with Crippen molar-refractivity contribution >= 4 is 16.9 Å². The topological polar surface area (TPSA) is 45.9 Å². The van der Waals surface area contributed by atoms with Crippen LogP contribution in [0, 0.1) is 6.92 Å². The second kappa shape index (κ2) is 7.08. The molecule has 0 aliphatic carbocycles. The maximum absolute atomic E-state index is 13.0. The number of aryl methyl sites for hydroxylation is 1. The maximum Gasteiger partial charge on any atom is 0.257 e. The number of furan rings is 1. The molecule has 0 saturated carbocycles. The van der Waals surface area contributed by atoms with E-state index in [0.717, 1.165) is 54.0 Å². The van der Waals surface area contributed by atoms with Crippen LogP contribution in [0.1, 0.15) is 15.9 Å². The van der Waals surface area contributed by atoms with Crippen LogP contribution in [0.5, 0.6) is 5.75 Å². The summed E-state index contributed by atoms with van der Waals surface area (Å²) in [5.74, 6) is 0.877. The summed E-state index contributed by atoms with van der Waals surface area (Å²) in [4.78, 5) is 17.2. The smallest absolute Gasteiger partial charge is 0.257 e. The van der Waals surface area contributed by atoms with Gasteiger partial charge in [-0.25, -0.2) is 0 Å². The number of hydrogen-bond acceptors (Lipinski definition) is 4. The number of likely N-dealkylation sites (N-methyl/N-ethyl adjacent to an activating group) is 1. The molecular weight excluding hydrogens is 340 g/mol. The van der Waals surface area contributed by atoms with Gasteiger partial charge >= 0.3 is 0 Å². The Morgan fingerprint density at radius 3 is 2.48 bits per heavy atom. The summed E-state index contributed by atoms with van der Waals surface area (Å²) in [7, 11) is 3.75. The number of fused-ring (bicyclic) bond motifs is 1. The molecular formula is C22H24N2O3. The molecule has 5 nitrogen and oxygen atoms in total.